The Morgan fingerprint density at radius 2 is 1.76 bits per heavy atom. The number of rotatable bonds is 4. The zero-order chi connectivity index (χ0) is 20.5. The lowest BCUT2D eigenvalue weighted by molar-refractivity contribution is 0.248. The molecule has 4 aromatic rings. The van der Waals surface area contributed by atoms with Crippen LogP contribution in [-0.2, 0) is 7.05 Å². The lowest BCUT2D eigenvalue weighted by Crippen LogP contribution is -2.33. The van der Waals surface area contributed by atoms with Gasteiger partial charge in [0, 0.05) is 12.4 Å². The van der Waals surface area contributed by atoms with Crippen molar-refractivity contribution in [2.24, 2.45) is 7.05 Å². The Kier molecular flexibility index (Phi) is 4.72. The minimum Gasteiger partial charge on any atom is -0.459 e. The van der Waals surface area contributed by atoms with Crippen LogP contribution in [0.1, 0.15) is 24.4 Å². The van der Waals surface area contributed by atoms with Gasteiger partial charge in [0.25, 0.3) is 5.56 Å². The number of carbonyl (C=O) groups is 1. The standard InChI is InChI=1S/C22H22N4O3/c1-14(19-13-16-9-7-8-12-18(16)29-19)23-22(28)24-20-15(2)25(3)26(21(20)27)17-10-5-4-6-11-17/h4-14H,1-3H3,(H2,23,24,28). The summed E-state index contributed by atoms with van der Waals surface area (Å²) >= 11 is 0. The molecule has 2 N–H and O–H groups in total. The summed E-state index contributed by atoms with van der Waals surface area (Å²) < 4.78 is 9.04. The van der Waals surface area contributed by atoms with E-state index in [1.807, 2.05) is 67.6 Å². The van der Waals surface area contributed by atoms with E-state index in [0.29, 0.717) is 11.5 Å². The van der Waals surface area contributed by atoms with Crippen LogP contribution in [0.4, 0.5) is 10.5 Å². The highest BCUT2D eigenvalue weighted by Crippen LogP contribution is 2.23. The molecule has 2 amide bonds. The third-order valence-electron chi connectivity index (χ3n) is 5.01. The number of furan rings is 1. The number of amides is 2. The summed E-state index contributed by atoms with van der Waals surface area (Å²) in [5.74, 6) is 0.646. The van der Waals surface area contributed by atoms with Crippen molar-refractivity contribution in [1.82, 2.24) is 14.7 Å². The van der Waals surface area contributed by atoms with Gasteiger partial charge in [-0.05, 0) is 38.1 Å². The van der Waals surface area contributed by atoms with Crippen LogP contribution in [0.2, 0.25) is 0 Å². The van der Waals surface area contributed by atoms with Crippen molar-refractivity contribution in [3.63, 3.8) is 0 Å². The van der Waals surface area contributed by atoms with Crippen LogP contribution in [-0.4, -0.2) is 15.4 Å². The molecule has 2 aromatic heterocycles. The Balaban J connectivity index is 1.55. The van der Waals surface area contributed by atoms with Crippen LogP contribution < -0.4 is 16.2 Å². The molecule has 0 spiro atoms. The fourth-order valence-electron chi connectivity index (χ4n) is 3.35. The first-order valence-corrected chi connectivity index (χ1v) is 9.35. The molecule has 7 heteroatoms. The van der Waals surface area contributed by atoms with Gasteiger partial charge in [-0.15, -0.1) is 0 Å². The van der Waals surface area contributed by atoms with Crippen molar-refractivity contribution in [2.75, 3.05) is 5.32 Å². The van der Waals surface area contributed by atoms with Crippen LogP contribution in [0.25, 0.3) is 16.7 Å². The molecule has 1 unspecified atom stereocenters. The van der Waals surface area contributed by atoms with E-state index in [1.54, 1.807) is 18.7 Å². The number of nitrogens with one attached hydrogen (secondary N) is 2. The number of anilines is 1. The van der Waals surface area contributed by atoms with E-state index in [-0.39, 0.29) is 17.3 Å². The maximum absolute atomic E-state index is 12.9. The molecule has 0 radical (unpaired) electrons. The number of para-hydroxylation sites is 2. The van der Waals surface area contributed by atoms with Crippen LogP contribution >= 0.6 is 0 Å². The number of hydrogen-bond acceptors (Lipinski definition) is 3. The molecule has 4 rings (SSSR count). The van der Waals surface area contributed by atoms with E-state index in [4.69, 9.17) is 4.42 Å². The molecule has 0 fully saturated rings. The second kappa shape index (κ2) is 7.35. The minimum atomic E-state index is -0.469. The molecule has 29 heavy (non-hydrogen) atoms. The molecule has 0 saturated carbocycles. The molecular weight excluding hydrogens is 368 g/mol. The van der Waals surface area contributed by atoms with E-state index < -0.39 is 6.03 Å². The quantitative estimate of drug-likeness (QED) is 0.550. The SMILES string of the molecule is Cc1c(NC(=O)NC(C)c2cc3ccccc3o2)c(=O)n(-c2ccccc2)n1C. The lowest BCUT2D eigenvalue weighted by Gasteiger charge is -2.12. The van der Waals surface area contributed by atoms with Gasteiger partial charge in [-0.3, -0.25) is 9.48 Å². The highest BCUT2D eigenvalue weighted by atomic mass is 16.3. The third kappa shape index (κ3) is 3.42. The van der Waals surface area contributed by atoms with Gasteiger partial charge in [-0.1, -0.05) is 36.4 Å². The van der Waals surface area contributed by atoms with E-state index in [2.05, 4.69) is 10.6 Å². The predicted octanol–water partition coefficient (Wildman–Crippen LogP) is 4.11. The summed E-state index contributed by atoms with van der Waals surface area (Å²) in [5.41, 5.74) is 2.10. The number of hydrogen-bond donors (Lipinski definition) is 2. The average Bonchev–Trinajstić information content (AvgIpc) is 3.24. The first-order valence-electron chi connectivity index (χ1n) is 9.35. The molecule has 2 aromatic carbocycles. The second-order valence-electron chi connectivity index (χ2n) is 6.94. The molecule has 0 aliphatic carbocycles. The summed E-state index contributed by atoms with van der Waals surface area (Å²) in [7, 11) is 1.78. The maximum Gasteiger partial charge on any atom is 0.320 e. The van der Waals surface area contributed by atoms with Crippen molar-refractivity contribution >= 4 is 22.7 Å². The summed E-state index contributed by atoms with van der Waals surface area (Å²) in [6, 6.07) is 18.0. The van der Waals surface area contributed by atoms with Gasteiger partial charge >= 0.3 is 6.03 Å². The zero-order valence-electron chi connectivity index (χ0n) is 16.5. The molecule has 1 atom stereocenters. The largest absolute Gasteiger partial charge is 0.459 e. The molecular formula is C22H22N4O3. The Labute approximate surface area is 167 Å². The minimum absolute atomic E-state index is 0.241. The van der Waals surface area contributed by atoms with Crippen LogP contribution in [0, 0.1) is 6.92 Å². The van der Waals surface area contributed by atoms with Gasteiger partial charge < -0.3 is 15.1 Å². The number of carbonyl (C=O) groups excluding carboxylic acids is 1. The first-order chi connectivity index (χ1) is 14.0. The molecule has 7 nitrogen and oxygen atoms in total. The van der Waals surface area contributed by atoms with E-state index in [9.17, 15) is 9.59 Å². The Morgan fingerprint density at radius 1 is 1.07 bits per heavy atom. The van der Waals surface area contributed by atoms with Crippen molar-refractivity contribution < 1.29 is 9.21 Å². The van der Waals surface area contributed by atoms with Gasteiger partial charge in [-0.25, -0.2) is 9.48 Å². The van der Waals surface area contributed by atoms with Gasteiger partial charge in [0.2, 0.25) is 0 Å². The monoisotopic (exact) mass is 390 g/mol. The summed E-state index contributed by atoms with van der Waals surface area (Å²) in [6.07, 6.45) is 0. The summed E-state index contributed by atoms with van der Waals surface area (Å²) in [4.78, 5) is 25.5. The van der Waals surface area contributed by atoms with Crippen molar-refractivity contribution in [2.45, 2.75) is 19.9 Å². The van der Waals surface area contributed by atoms with E-state index in [0.717, 1.165) is 16.7 Å². The summed E-state index contributed by atoms with van der Waals surface area (Å²) in [6.45, 7) is 3.62. The highest BCUT2D eigenvalue weighted by Gasteiger charge is 2.20. The molecule has 0 aliphatic heterocycles. The fraction of sp³-hybridized carbons (Fsp3) is 0.182. The Hall–Kier alpha value is -3.74. The lowest BCUT2D eigenvalue weighted by atomic mass is 10.2. The third-order valence-corrected chi connectivity index (χ3v) is 5.01. The second-order valence-corrected chi connectivity index (χ2v) is 6.94. The first kappa shape index (κ1) is 18.6. The van der Waals surface area contributed by atoms with Gasteiger partial charge in [-0.2, -0.15) is 0 Å². The van der Waals surface area contributed by atoms with Crippen molar-refractivity contribution in [3.05, 3.63) is 82.5 Å². The highest BCUT2D eigenvalue weighted by molar-refractivity contribution is 5.90. The van der Waals surface area contributed by atoms with Gasteiger partial charge in [0.05, 0.1) is 17.4 Å². The van der Waals surface area contributed by atoms with Crippen molar-refractivity contribution in [1.29, 1.82) is 0 Å². The molecule has 2 heterocycles. The zero-order valence-corrected chi connectivity index (χ0v) is 16.5. The Bertz CT molecular complexity index is 1200. The molecule has 0 aliphatic rings. The molecule has 0 bridgehead atoms. The number of fused-ring (bicyclic) bond motifs is 1. The topological polar surface area (TPSA) is 81.2 Å². The van der Waals surface area contributed by atoms with Crippen LogP contribution in [0.15, 0.2) is 69.9 Å². The smallest absolute Gasteiger partial charge is 0.320 e. The number of aromatic nitrogens is 2. The van der Waals surface area contributed by atoms with Gasteiger partial charge in [0.1, 0.15) is 17.0 Å². The summed E-state index contributed by atoms with van der Waals surface area (Å²) in [5, 5.41) is 6.50. The van der Waals surface area contributed by atoms with Crippen LogP contribution in [0.5, 0.6) is 0 Å². The average molecular weight is 390 g/mol. The number of nitrogens with zero attached hydrogens (tertiary/aromatic N) is 2. The fourth-order valence-corrected chi connectivity index (χ4v) is 3.35. The van der Waals surface area contributed by atoms with E-state index in [1.165, 1.54) is 4.68 Å². The maximum atomic E-state index is 12.9. The molecule has 148 valence electrons. The predicted molar refractivity (Wildman–Crippen MR) is 113 cm³/mol. The van der Waals surface area contributed by atoms with E-state index >= 15 is 0 Å². The van der Waals surface area contributed by atoms with Crippen molar-refractivity contribution in [3.8, 4) is 5.69 Å². The van der Waals surface area contributed by atoms with Gasteiger partial charge in [0.15, 0.2) is 0 Å². The Morgan fingerprint density at radius 3 is 2.48 bits per heavy atom. The van der Waals surface area contributed by atoms with Crippen LogP contribution in [0.3, 0.4) is 0 Å². The normalized spacial score (nSPS) is 12.1. The number of urea groups is 1. The number of benzene rings is 2. The molecule has 0 saturated heterocycles.